The largest absolute Gasteiger partial charge is 0.289 e. The van der Waals surface area contributed by atoms with E-state index in [0.717, 1.165) is 0 Å². The van der Waals surface area contributed by atoms with E-state index in [-0.39, 0.29) is 5.78 Å². The second kappa shape index (κ2) is 5.40. The molecule has 0 atom stereocenters. The first kappa shape index (κ1) is 12.2. The van der Waals surface area contributed by atoms with Crippen LogP contribution >= 0.6 is 34.7 Å². The zero-order valence-corrected chi connectivity index (χ0v) is 10.8. The third kappa shape index (κ3) is 3.12. The third-order valence-electron chi connectivity index (χ3n) is 1.99. The highest BCUT2D eigenvalue weighted by Gasteiger charge is 2.05. The number of hydrogen-bond donors (Lipinski definition) is 0. The van der Waals surface area contributed by atoms with Crippen molar-refractivity contribution in [2.75, 3.05) is 0 Å². The van der Waals surface area contributed by atoms with Gasteiger partial charge in [0, 0.05) is 10.9 Å². The van der Waals surface area contributed by atoms with Gasteiger partial charge < -0.3 is 0 Å². The minimum atomic E-state index is -0.156. The van der Waals surface area contributed by atoms with Gasteiger partial charge in [-0.25, -0.2) is 0 Å². The van der Waals surface area contributed by atoms with E-state index in [1.165, 1.54) is 23.7 Å². The van der Waals surface area contributed by atoms with E-state index in [1.807, 2.05) is 0 Å². The summed E-state index contributed by atoms with van der Waals surface area (Å²) >= 11 is 12.8. The fourth-order valence-corrected chi connectivity index (χ4v) is 1.87. The fraction of sp³-hybridized carbons (Fsp3) is 0. The molecule has 0 aliphatic rings. The summed E-state index contributed by atoms with van der Waals surface area (Å²) in [7, 11) is 0. The molecule has 86 valence electrons. The van der Waals surface area contributed by atoms with Gasteiger partial charge in [0.05, 0.1) is 15.7 Å². The molecule has 0 unspecified atom stereocenters. The lowest BCUT2D eigenvalue weighted by Crippen LogP contribution is -1.93. The zero-order valence-electron chi connectivity index (χ0n) is 8.43. The molecule has 0 saturated carbocycles. The van der Waals surface area contributed by atoms with E-state index in [0.29, 0.717) is 21.3 Å². The van der Waals surface area contributed by atoms with Crippen LogP contribution in [-0.2, 0) is 0 Å². The van der Waals surface area contributed by atoms with Crippen molar-refractivity contribution < 1.29 is 4.79 Å². The molecular formula is C11H6Cl2N2OS. The maximum absolute atomic E-state index is 11.8. The third-order valence-corrected chi connectivity index (χ3v) is 3.25. The van der Waals surface area contributed by atoms with E-state index in [2.05, 4.69) is 9.59 Å². The van der Waals surface area contributed by atoms with Crippen LogP contribution in [0.5, 0.6) is 0 Å². The molecule has 0 radical (unpaired) electrons. The lowest BCUT2D eigenvalue weighted by atomic mass is 10.1. The Hall–Kier alpha value is -1.23. The van der Waals surface area contributed by atoms with Crippen molar-refractivity contribution >= 4 is 46.6 Å². The second-order valence-electron chi connectivity index (χ2n) is 3.16. The topological polar surface area (TPSA) is 42.9 Å². The van der Waals surface area contributed by atoms with E-state index >= 15 is 0 Å². The number of halogens is 2. The van der Waals surface area contributed by atoms with Crippen molar-refractivity contribution in [1.82, 2.24) is 9.59 Å². The molecular weight excluding hydrogens is 279 g/mol. The molecule has 0 saturated heterocycles. The summed E-state index contributed by atoms with van der Waals surface area (Å²) in [5, 5.41) is 6.33. The SMILES string of the molecule is O=C(/C=C/c1csnn1)c1ccc(Cl)c(Cl)c1. The summed E-state index contributed by atoms with van der Waals surface area (Å²) in [5.41, 5.74) is 1.14. The lowest BCUT2D eigenvalue weighted by molar-refractivity contribution is 0.104. The van der Waals surface area contributed by atoms with Crippen LogP contribution in [0.4, 0.5) is 0 Å². The van der Waals surface area contributed by atoms with Crippen LogP contribution < -0.4 is 0 Å². The first-order valence-electron chi connectivity index (χ1n) is 4.61. The molecule has 0 aliphatic carbocycles. The summed E-state index contributed by atoms with van der Waals surface area (Å²) < 4.78 is 3.69. The maximum Gasteiger partial charge on any atom is 0.185 e. The summed E-state index contributed by atoms with van der Waals surface area (Å²) in [5.74, 6) is -0.156. The van der Waals surface area contributed by atoms with Gasteiger partial charge in [0.15, 0.2) is 5.78 Å². The molecule has 0 N–H and O–H groups in total. The number of aromatic nitrogens is 2. The number of hydrogen-bond acceptors (Lipinski definition) is 4. The number of carbonyl (C=O) groups excluding carboxylic acids is 1. The zero-order chi connectivity index (χ0) is 12.3. The van der Waals surface area contributed by atoms with E-state index in [9.17, 15) is 4.79 Å². The quantitative estimate of drug-likeness (QED) is 0.637. The van der Waals surface area contributed by atoms with Gasteiger partial charge in [-0.05, 0) is 41.9 Å². The highest BCUT2D eigenvalue weighted by Crippen LogP contribution is 2.23. The Kier molecular flexibility index (Phi) is 3.89. The number of ketones is 1. The van der Waals surface area contributed by atoms with Crippen LogP contribution in [0.1, 0.15) is 16.1 Å². The van der Waals surface area contributed by atoms with Crippen LogP contribution in [0.3, 0.4) is 0 Å². The molecule has 2 rings (SSSR count). The van der Waals surface area contributed by atoms with Gasteiger partial charge in [-0.3, -0.25) is 4.79 Å². The van der Waals surface area contributed by atoms with E-state index < -0.39 is 0 Å². The average Bonchev–Trinajstić information content (AvgIpc) is 2.82. The first-order valence-corrected chi connectivity index (χ1v) is 6.20. The number of allylic oxidation sites excluding steroid dienone is 1. The Morgan fingerprint density at radius 2 is 2.12 bits per heavy atom. The Bertz CT molecular complexity index is 567. The summed E-state index contributed by atoms with van der Waals surface area (Å²) in [6.45, 7) is 0. The number of benzene rings is 1. The lowest BCUT2D eigenvalue weighted by Gasteiger charge is -1.98. The Labute approximate surface area is 112 Å². The van der Waals surface area contributed by atoms with Gasteiger partial charge in [0.25, 0.3) is 0 Å². The maximum atomic E-state index is 11.8. The van der Waals surface area contributed by atoms with Crippen molar-refractivity contribution in [2.24, 2.45) is 0 Å². The fourth-order valence-electron chi connectivity index (χ4n) is 1.15. The molecule has 0 aliphatic heterocycles. The molecule has 17 heavy (non-hydrogen) atoms. The van der Waals surface area contributed by atoms with Crippen LogP contribution in [0, 0.1) is 0 Å². The minimum Gasteiger partial charge on any atom is -0.289 e. The van der Waals surface area contributed by atoms with Gasteiger partial charge >= 0.3 is 0 Å². The summed E-state index contributed by atoms with van der Waals surface area (Å²) in [6.07, 6.45) is 3.03. The first-order chi connectivity index (χ1) is 8.16. The van der Waals surface area contributed by atoms with Gasteiger partial charge in [-0.1, -0.05) is 27.7 Å². The molecule has 3 nitrogen and oxygen atoms in total. The average molecular weight is 285 g/mol. The predicted molar refractivity (Wildman–Crippen MR) is 69.7 cm³/mol. The molecule has 1 aromatic heterocycles. The molecule has 6 heteroatoms. The highest BCUT2D eigenvalue weighted by atomic mass is 35.5. The number of nitrogens with zero attached hydrogens (tertiary/aromatic N) is 2. The van der Waals surface area contributed by atoms with Gasteiger partial charge in [0.1, 0.15) is 0 Å². The summed E-state index contributed by atoms with van der Waals surface area (Å²) in [6, 6.07) is 4.76. The van der Waals surface area contributed by atoms with Crippen molar-refractivity contribution in [2.45, 2.75) is 0 Å². The predicted octanol–water partition coefficient (Wildman–Crippen LogP) is 3.74. The standard InChI is InChI=1S/C11H6Cl2N2OS/c12-9-3-1-7(5-10(9)13)11(16)4-2-8-6-17-15-14-8/h1-6H/b4-2+. The monoisotopic (exact) mass is 284 g/mol. The van der Waals surface area contributed by atoms with Crippen LogP contribution in [0.25, 0.3) is 6.08 Å². The number of carbonyl (C=O) groups is 1. The van der Waals surface area contributed by atoms with Crippen LogP contribution in [-0.4, -0.2) is 15.4 Å². The Morgan fingerprint density at radius 3 is 2.76 bits per heavy atom. The van der Waals surface area contributed by atoms with Crippen molar-refractivity contribution in [3.05, 3.63) is 51.0 Å². The van der Waals surface area contributed by atoms with Gasteiger partial charge in [0.2, 0.25) is 0 Å². The van der Waals surface area contributed by atoms with Crippen LogP contribution in [0.15, 0.2) is 29.7 Å². The summed E-state index contributed by atoms with van der Waals surface area (Å²) in [4.78, 5) is 11.8. The van der Waals surface area contributed by atoms with Crippen LogP contribution in [0.2, 0.25) is 10.0 Å². The van der Waals surface area contributed by atoms with E-state index in [4.69, 9.17) is 23.2 Å². The van der Waals surface area contributed by atoms with Gasteiger partial charge in [-0.2, -0.15) is 0 Å². The molecule has 1 aromatic carbocycles. The normalized spacial score (nSPS) is 10.9. The smallest absolute Gasteiger partial charge is 0.185 e. The molecule has 1 heterocycles. The van der Waals surface area contributed by atoms with E-state index in [1.54, 1.807) is 23.6 Å². The molecule has 0 amide bonds. The molecule has 0 spiro atoms. The van der Waals surface area contributed by atoms with Crippen molar-refractivity contribution in [3.8, 4) is 0 Å². The van der Waals surface area contributed by atoms with Crippen molar-refractivity contribution in [3.63, 3.8) is 0 Å². The van der Waals surface area contributed by atoms with Crippen molar-refractivity contribution in [1.29, 1.82) is 0 Å². The highest BCUT2D eigenvalue weighted by molar-refractivity contribution is 7.03. The van der Waals surface area contributed by atoms with Gasteiger partial charge in [-0.15, -0.1) is 5.10 Å². The molecule has 0 bridgehead atoms. The minimum absolute atomic E-state index is 0.156. The number of rotatable bonds is 3. The Morgan fingerprint density at radius 1 is 1.29 bits per heavy atom. The molecule has 0 fully saturated rings. The Balaban J connectivity index is 2.17. The molecule has 2 aromatic rings. The second-order valence-corrected chi connectivity index (χ2v) is 4.58.